The molecule has 0 aromatic heterocycles. The number of benzene rings is 2. The molecule has 0 aliphatic carbocycles. The van der Waals surface area contributed by atoms with E-state index in [4.69, 9.17) is 9.30 Å². The van der Waals surface area contributed by atoms with Gasteiger partial charge in [0.2, 0.25) is 0 Å². The number of carbonyl (C=O) groups is 2. The van der Waals surface area contributed by atoms with Crippen LogP contribution in [0, 0.1) is 13.8 Å². The maximum atomic E-state index is 13.6. The molecule has 3 atom stereocenters. The molecule has 2 aromatic rings. The zero-order valence-corrected chi connectivity index (χ0v) is 20.7. The van der Waals surface area contributed by atoms with Crippen molar-refractivity contribution in [3.8, 4) is 0 Å². The summed E-state index contributed by atoms with van der Waals surface area (Å²) in [5, 5.41) is 0. The second kappa shape index (κ2) is 11.3. The van der Waals surface area contributed by atoms with Crippen LogP contribution < -0.4 is 0 Å². The summed E-state index contributed by atoms with van der Waals surface area (Å²) in [5.41, 5.74) is 4.24. The number of carbonyl (C=O) groups excluding carboxylic acids is 2. The number of ketones is 1. The van der Waals surface area contributed by atoms with E-state index in [2.05, 4.69) is 32.9 Å². The van der Waals surface area contributed by atoms with Gasteiger partial charge in [-0.1, -0.05) is 70.2 Å². The minimum absolute atomic E-state index is 0.00851. The van der Waals surface area contributed by atoms with E-state index >= 15 is 0 Å². The summed E-state index contributed by atoms with van der Waals surface area (Å²) >= 11 is 0. The Labute approximate surface area is 182 Å². The van der Waals surface area contributed by atoms with Gasteiger partial charge in [0.15, 0.2) is 5.78 Å². The van der Waals surface area contributed by atoms with Crippen molar-refractivity contribution in [2.75, 3.05) is 0 Å². The lowest BCUT2D eigenvalue weighted by Gasteiger charge is -2.24. The van der Waals surface area contributed by atoms with Gasteiger partial charge in [0.25, 0.3) is 0 Å². The summed E-state index contributed by atoms with van der Waals surface area (Å²) in [7, 11) is 0.611. The lowest BCUT2D eigenvalue weighted by atomic mass is 9.81. The zero-order valence-electron chi connectivity index (χ0n) is 19.2. The Bertz CT molecular complexity index is 845. The van der Waals surface area contributed by atoms with E-state index in [1.54, 1.807) is 0 Å². The predicted molar refractivity (Wildman–Crippen MR) is 126 cm³/mol. The van der Waals surface area contributed by atoms with Gasteiger partial charge in [-0.25, -0.2) is 0 Å². The van der Waals surface area contributed by atoms with E-state index in [0.717, 1.165) is 11.1 Å². The van der Waals surface area contributed by atoms with Crippen molar-refractivity contribution in [2.24, 2.45) is 0 Å². The summed E-state index contributed by atoms with van der Waals surface area (Å²) in [5.74, 6) is -1.63. The SMILES string of the molecule is CCC(C)OC(=O)C(C(=O)c1c(C)cc(C(C)(C)C)cc1C)c1ccccc1.O=[PH3]. The van der Waals surface area contributed by atoms with Crippen molar-refractivity contribution in [3.63, 3.8) is 0 Å². The molecule has 2 aromatic carbocycles. The molecule has 0 heterocycles. The Kier molecular flexibility index (Phi) is 9.71. The largest absolute Gasteiger partial charge is 0.462 e. The molecule has 0 amide bonds. The number of esters is 1. The Hall–Kier alpha value is -2.19. The van der Waals surface area contributed by atoms with Crippen LogP contribution in [-0.2, 0) is 19.5 Å². The van der Waals surface area contributed by atoms with Gasteiger partial charge in [-0.15, -0.1) is 0 Å². The monoisotopic (exact) mass is 430 g/mol. The van der Waals surface area contributed by atoms with Crippen molar-refractivity contribution in [3.05, 3.63) is 70.3 Å². The van der Waals surface area contributed by atoms with Crippen LogP contribution in [0.1, 0.15) is 79.6 Å². The minimum atomic E-state index is -0.951. The number of hydrogen-bond acceptors (Lipinski definition) is 4. The third-order valence-corrected chi connectivity index (χ3v) is 5.17. The summed E-state index contributed by atoms with van der Waals surface area (Å²) in [6.07, 6.45) is 0.483. The molecule has 0 radical (unpaired) electrons. The highest BCUT2D eigenvalue weighted by Gasteiger charge is 2.33. The van der Waals surface area contributed by atoms with Gasteiger partial charge in [-0.3, -0.25) is 9.59 Å². The molecule has 0 fully saturated rings. The fourth-order valence-electron chi connectivity index (χ4n) is 3.32. The van der Waals surface area contributed by atoms with Crippen molar-refractivity contribution >= 4 is 20.9 Å². The van der Waals surface area contributed by atoms with Gasteiger partial charge in [-0.05, 0) is 54.9 Å². The zero-order chi connectivity index (χ0) is 23.1. The van der Waals surface area contributed by atoms with E-state index in [0.29, 0.717) is 26.7 Å². The normalized spacial score (nSPS) is 13.0. The van der Waals surface area contributed by atoms with Gasteiger partial charge in [0.05, 0.1) is 15.2 Å². The van der Waals surface area contributed by atoms with Crippen LogP contribution in [0.3, 0.4) is 0 Å². The second-order valence-corrected chi connectivity index (χ2v) is 8.60. The van der Waals surface area contributed by atoms with Gasteiger partial charge >= 0.3 is 5.97 Å². The molecule has 164 valence electrons. The number of aryl methyl sites for hydroxylation is 2. The molecule has 30 heavy (non-hydrogen) atoms. The maximum absolute atomic E-state index is 13.6. The molecule has 0 N–H and O–H groups in total. The number of ether oxygens (including phenoxy) is 1. The lowest BCUT2D eigenvalue weighted by Crippen LogP contribution is -2.28. The second-order valence-electron chi connectivity index (χ2n) is 8.60. The number of hydrogen-bond donors (Lipinski definition) is 0. The van der Waals surface area contributed by atoms with Crippen molar-refractivity contribution in [1.82, 2.24) is 0 Å². The molecule has 0 saturated heterocycles. The highest BCUT2D eigenvalue weighted by atomic mass is 31.0. The fourth-order valence-corrected chi connectivity index (χ4v) is 3.32. The Morgan fingerprint density at radius 1 is 1.00 bits per heavy atom. The van der Waals surface area contributed by atoms with E-state index in [-0.39, 0.29) is 17.3 Å². The molecule has 2 rings (SSSR count). The van der Waals surface area contributed by atoms with Gasteiger partial charge in [0.1, 0.15) is 5.92 Å². The third-order valence-electron chi connectivity index (χ3n) is 5.17. The Morgan fingerprint density at radius 2 is 1.50 bits per heavy atom. The van der Waals surface area contributed by atoms with Crippen LogP contribution in [0.4, 0.5) is 0 Å². The minimum Gasteiger partial charge on any atom is -0.462 e. The van der Waals surface area contributed by atoms with Crippen LogP contribution in [0.5, 0.6) is 0 Å². The van der Waals surface area contributed by atoms with Gasteiger partial charge in [0, 0.05) is 5.56 Å². The molecule has 0 spiro atoms. The first-order valence-corrected chi connectivity index (χ1v) is 10.8. The molecule has 5 heteroatoms. The first kappa shape index (κ1) is 25.8. The average Bonchev–Trinajstić information content (AvgIpc) is 2.69. The van der Waals surface area contributed by atoms with E-state index in [1.807, 2.05) is 58.0 Å². The summed E-state index contributed by atoms with van der Waals surface area (Å²) < 4.78 is 13.8. The maximum Gasteiger partial charge on any atom is 0.321 e. The topological polar surface area (TPSA) is 60.4 Å². The van der Waals surface area contributed by atoms with Crippen molar-refractivity contribution < 1.29 is 18.9 Å². The smallest absolute Gasteiger partial charge is 0.321 e. The molecule has 4 nitrogen and oxygen atoms in total. The van der Waals surface area contributed by atoms with Crippen molar-refractivity contribution in [1.29, 1.82) is 0 Å². The molecule has 0 bridgehead atoms. The van der Waals surface area contributed by atoms with Gasteiger partial charge in [-0.2, -0.15) is 0 Å². The average molecular weight is 431 g/mol. The molecule has 0 aliphatic heterocycles. The summed E-state index contributed by atoms with van der Waals surface area (Å²) in [4.78, 5) is 26.5. The first-order chi connectivity index (χ1) is 14.1. The number of Topliss-reactive ketones (excluding diaryl/α,β-unsaturated/α-hetero) is 1. The lowest BCUT2D eigenvalue weighted by molar-refractivity contribution is -0.148. The van der Waals surface area contributed by atoms with E-state index < -0.39 is 11.9 Å². The third kappa shape index (κ3) is 6.40. The highest BCUT2D eigenvalue weighted by Crippen LogP contribution is 2.31. The quantitative estimate of drug-likeness (QED) is 0.250. The summed E-state index contributed by atoms with van der Waals surface area (Å²) in [6.45, 7) is 14.1. The molecular formula is C25H35O4P. The standard InChI is InChI=1S/C25H32O3.H3OP/c1-8-18(4)28-24(27)22(19-12-10-9-11-13-19)23(26)21-16(2)14-20(15-17(21)3)25(5,6)7;1-2/h9-15,18,22H,8H2,1-7H3;2H3. The van der Waals surface area contributed by atoms with E-state index in [1.165, 1.54) is 5.56 Å². The van der Waals surface area contributed by atoms with Gasteiger partial charge < -0.3 is 9.30 Å². The number of rotatable bonds is 6. The Balaban J connectivity index is 0.00000218. The molecular weight excluding hydrogens is 395 g/mol. The molecule has 0 aliphatic rings. The first-order valence-electron chi connectivity index (χ1n) is 10.3. The summed E-state index contributed by atoms with van der Waals surface area (Å²) in [6, 6.07) is 13.3. The van der Waals surface area contributed by atoms with Crippen LogP contribution >= 0.6 is 9.12 Å². The van der Waals surface area contributed by atoms with Crippen LogP contribution in [0.15, 0.2) is 42.5 Å². The van der Waals surface area contributed by atoms with Crippen molar-refractivity contribution in [2.45, 2.75) is 72.3 Å². The Morgan fingerprint density at radius 3 is 1.93 bits per heavy atom. The van der Waals surface area contributed by atoms with Crippen LogP contribution in [0.2, 0.25) is 0 Å². The predicted octanol–water partition coefficient (Wildman–Crippen LogP) is 5.85. The van der Waals surface area contributed by atoms with Crippen LogP contribution in [0.25, 0.3) is 0 Å². The fraction of sp³-hybridized carbons (Fsp3) is 0.440. The van der Waals surface area contributed by atoms with E-state index in [9.17, 15) is 9.59 Å². The van der Waals surface area contributed by atoms with Crippen LogP contribution in [-0.4, -0.2) is 17.9 Å². The molecule has 3 unspecified atom stereocenters. The molecule has 0 saturated carbocycles. The highest BCUT2D eigenvalue weighted by molar-refractivity contribution is 7.00.